The molecule has 0 aromatic heterocycles. The zero-order chi connectivity index (χ0) is 13.1. The van der Waals surface area contributed by atoms with Crippen molar-refractivity contribution in [2.45, 2.75) is 32.4 Å². The Morgan fingerprint density at radius 1 is 1.29 bits per heavy atom. The van der Waals surface area contributed by atoms with E-state index in [0.29, 0.717) is 5.02 Å². The van der Waals surface area contributed by atoms with Gasteiger partial charge in [0.05, 0.1) is 0 Å². The van der Waals surface area contributed by atoms with Crippen LogP contribution < -0.4 is 5.32 Å². The number of likely N-dealkylation sites (N-methyl/N-ethyl adjacent to an activating group) is 1. The molecule has 0 spiro atoms. The van der Waals surface area contributed by atoms with Gasteiger partial charge in [-0.2, -0.15) is 0 Å². The van der Waals surface area contributed by atoms with Crippen molar-refractivity contribution in [2.24, 2.45) is 0 Å². The summed E-state index contributed by atoms with van der Waals surface area (Å²) in [7, 11) is 1.73. The Kier molecular flexibility index (Phi) is 4.54. The van der Waals surface area contributed by atoms with Gasteiger partial charge in [-0.15, -0.1) is 0 Å². The summed E-state index contributed by atoms with van der Waals surface area (Å²) in [6.45, 7) is 5.54. The molecule has 0 aliphatic rings. The molecule has 3 nitrogen and oxygen atoms in total. The van der Waals surface area contributed by atoms with Gasteiger partial charge in [-0.05, 0) is 45.5 Å². The van der Waals surface area contributed by atoms with E-state index in [4.69, 9.17) is 16.3 Å². The molecule has 0 saturated heterocycles. The molecule has 0 radical (unpaired) electrons. The molecule has 1 atom stereocenters. The van der Waals surface area contributed by atoms with Crippen LogP contribution in [0.3, 0.4) is 0 Å². The number of esters is 1. The van der Waals surface area contributed by atoms with Crippen molar-refractivity contribution in [1.29, 1.82) is 0 Å². The second kappa shape index (κ2) is 5.52. The lowest BCUT2D eigenvalue weighted by molar-refractivity contribution is -0.157. The predicted molar refractivity (Wildman–Crippen MR) is 69.1 cm³/mol. The molecule has 0 amide bonds. The predicted octanol–water partition coefficient (Wildman–Crippen LogP) is 2.94. The third kappa shape index (κ3) is 4.36. The van der Waals surface area contributed by atoms with Gasteiger partial charge in [0, 0.05) is 5.02 Å². The first kappa shape index (κ1) is 14.0. The van der Waals surface area contributed by atoms with Crippen LogP contribution in [0.1, 0.15) is 32.4 Å². The first-order chi connectivity index (χ1) is 7.83. The highest BCUT2D eigenvalue weighted by Crippen LogP contribution is 2.20. The second-order valence-electron chi connectivity index (χ2n) is 4.81. The highest BCUT2D eigenvalue weighted by molar-refractivity contribution is 6.30. The lowest BCUT2D eigenvalue weighted by atomic mass is 10.1. The van der Waals surface area contributed by atoms with E-state index in [1.54, 1.807) is 19.2 Å². The first-order valence-corrected chi connectivity index (χ1v) is 5.87. The minimum atomic E-state index is -0.487. The van der Waals surface area contributed by atoms with Crippen LogP contribution >= 0.6 is 11.6 Å². The van der Waals surface area contributed by atoms with Crippen LogP contribution in [-0.2, 0) is 9.53 Å². The van der Waals surface area contributed by atoms with Crippen molar-refractivity contribution >= 4 is 17.6 Å². The van der Waals surface area contributed by atoms with Gasteiger partial charge in [0.1, 0.15) is 11.6 Å². The largest absolute Gasteiger partial charge is 0.459 e. The zero-order valence-electron chi connectivity index (χ0n) is 10.6. The number of rotatable bonds is 3. The molecule has 4 heteroatoms. The molecular formula is C13H18ClNO2. The van der Waals surface area contributed by atoms with Gasteiger partial charge in [-0.1, -0.05) is 23.7 Å². The van der Waals surface area contributed by atoms with Crippen LogP contribution in [0.15, 0.2) is 24.3 Å². The van der Waals surface area contributed by atoms with E-state index >= 15 is 0 Å². The average Bonchev–Trinajstić information content (AvgIpc) is 2.19. The molecule has 0 bridgehead atoms. The molecule has 17 heavy (non-hydrogen) atoms. The van der Waals surface area contributed by atoms with Crippen LogP contribution in [0, 0.1) is 0 Å². The highest BCUT2D eigenvalue weighted by Gasteiger charge is 2.25. The van der Waals surface area contributed by atoms with E-state index in [1.165, 1.54) is 0 Å². The average molecular weight is 256 g/mol. The fourth-order valence-corrected chi connectivity index (χ4v) is 1.56. The summed E-state index contributed by atoms with van der Waals surface area (Å²) in [4.78, 5) is 12.0. The molecule has 1 aromatic rings. The van der Waals surface area contributed by atoms with Crippen molar-refractivity contribution in [1.82, 2.24) is 5.32 Å². The molecule has 1 rings (SSSR count). The second-order valence-corrected chi connectivity index (χ2v) is 5.24. The van der Waals surface area contributed by atoms with Crippen molar-refractivity contribution in [2.75, 3.05) is 7.05 Å². The standard InChI is InChI=1S/C13H18ClNO2/c1-13(2,3)17-12(16)11(15-4)9-5-7-10(14)8-6-9/h5-8,11,15H,1-4H3. The number of hydrogen-bond acceptors (Lipinski definition) is 3. The Hall–Kier alpha value is -1.06. The van der Waals surface area contributed by atoms with Crippen molar-refractivity contribution in [3.63, 3.8) is 0 Å². The molecule has 94 valence electrons. The smallest absolute Gasteiger partial charge is 0.328 e. The molecule has 1 N–H and O–H groups in total. The third-order valence-corrected chi connectivity index (χ3v) is 2.39. The summed E-state index contributed by atoms with van der Waals surface area (Å²) < 4.78 is 5.34. The van der Waals surface area contributed by atoms with Crippen molar-refractivity contribution in [3.05, 3.63) is 34.9 Å². The molecule has 0 aliphatic heterocycles. The van der Waals surface area contributed by atoms with E-state index < -0.39 is 11.6 Å². The maximum atomic E-state index is 12.0. The van der Waals surface area contributed by atoms with E-state index in [1.807, 2.05) is 32.9 Å². The number of ether oxygens (including phenoxy) is 1. The van der Waals surface area contributed by atoms with E-state index in [9.17, 15) is 4.79 Å². The van der Waals surface area contributed by atoms with Gasteiger partial charge in [-0.25, -0.2) is 4.79 Å². The number of carbonyl (C=O) groups is 1. The summed E-state index contributed by atoms with van der Waals surface area (Å²) in [5, 5.41) is 3.59. The summed E-state index contributed by atoms with van der Waals surface area (Å²) in [6, 6.07) is 6.67. The Morgan fingerprint density at radius 2 is 1.82 bits per heavy atom. The minimum Gasteiger partial charge on any atom is -0.459 e. The monoisotopic (exact) mass is 255 g/mol. The molecule has 1 unspecified atom stereocenters. The minimum absolute atomic E-state index is 0.290. The van der Waals surface area contributed by atoms with E-state index in [0.717, 1.165) is 5.56 Å². The van der Waals surface area contributed by atoms with Gasteiger partial charge in [-0.3, -0.25) is 0 Å². The lowest BCUT2D eigenvalue weighted by Gasteiger charge is -2.24. The fourth-order valence-electron chi connectivity index (χ4n) is 1.44. The van der Waals surface area contributed by atoms with Crippen LogP contribution in [0.2, 0.25) is 5.02 Å². The highest BCUT2D eigenvalue weighted by atomic mass is 35.5. The molecule has 0 aliphatic carbocycles. The van der Waals surface area contributed by atoms with Crippen LogP contribution in [0.25, 0.3) is 0 Å². The maximum absolute atomic E-state index is 12.0. The fraction of sp³-hybridized carbons (Fsp3) is 0.462. The Labute approximate surface area is 107 Å². The normalized spacial score (nSPS) is 13.2. The lowest BCUT2D eigenvalue weighted by Crippen LogP contribution is -2.33. The Bertz CT molecular complexity index is 381. The van der Waals surface area contributed by atoms with E-state index in [-0.39, 0.29) is 5.97 Å². The van der Waals surface area contributed by atoms with Gasteiger partial charge >= 0.3 is 5.97 Å². The molecule has 0 saturated carbocycles. The van der Waals surface area contributed by atoms with Gasteiger partial charge in [0.25, 0.3) is 0 Å². The first-order valence-electron chi connectivity index (χ1n) is 5.49. The van der Waals surface area contributed by atoms with Crippen LogP contribution in [0.5, 0.6) is 0 Å². The molecule has 0 heterocycles. The van der Waals surface area contributed by atoms with Crippen LogP contribution in [0.4, 0.5) is 0 Å². The number of hydrogen-bond donors (Lipinski definition) is 1. The Balaban J connectivity index is 2.84. The Morgan fingerprint density at radius 3 is 2.24 bits per heavy atom. The van der Waals surface area contributed by atoms with Crippen molar-refractivity contribution < 1.29 is 9.53 Å². The van der Waals surface area contributed by atoms with E-state index in [2.05, 4.69) is 5.32 Å². The number of benzene rings is 1. The molecule has 1 aromatic carbocycles. The molecular weight excluding hydrogens is 238 g/mol. The zero-order valence-corrected chi connectivity index (χ0v) is 11.3. The third-order valence-electron chi connectivity index (χ3n) is 2.13. The van der Waals surface area contributed by atoms with Gasteiger partial charge in [0.2, 0.25) is 0 Å². The SMILES string of the molecule is CNC(C(=O)OC(C)(C)C)c1ccc(Cl)cc1. The molecule has 0 fully saturated rings. The van der Waals surface area contributed by atoms with Crippen molar-refractivity contribution in [3.8, 4) is 0 Å². The number of halogens is 1. The summed E-state index contributed by atoms with van der Waals surface area (Å²) in [5.41, 5.74) is 0.352. The van der Waals surface area contributed by atoms with Crippen LogP contribution in [-0.4, -0.2) is 18.6 Å². The summed E-state index contributed by atoms with van der Waals surface area (Å²) in [6.07, 6.45) is 0. The number of carbonyl (C=O) groups excluding carboxylic acids is 1. The maximum Gasteiger partial charge on any atom is 0.328 e. The topological polar surface area (TPSA) is 38.3 Å². The number of nitrogens with one attached hydrogen (secondary N) is 1. The van der Waals surface area contributed by atoms with Gasteiger partial charge < -0.3 is 10.1 Å². The summed E-state index contributed by atoms with van der Waals surface area (Å²) >= 11 is 5.81. The quantitative estimate of drug-likeness (QED) is 0.844. The summed E-state index contributed by atoms with van der Waals surface area (Å²) in [5.74, 6) is -0.290. The van der Waals surface area contributed by atoms with Gasteiger partial charge in [0.15, 0.2) is 0 Å².